The van der Waals surface area contributed by atoms with Crippen LogP contribution < -0.4 is 4.90 Å². The van der Waals surface area contributed by atoms with Gasteiger partial charge in [-0.2, -0.15) is 5.10 Å². The predicted molar refractivity (Wildman–Crippen MR) is 73.3 cm³/mol. The highest BCUT2D eigenvalue weighted by Gasteiger charge is 2.30. The van der Waals surface area contributed by atoms with E-state index in [9.17, 15) is 9.18 Å². The summed E-state index contributed by atoms with van der Waals surface area (Å²) >= 11 is 0. The Labute approximate surface area is 115 Å². The summed E-state index contributed by atoms with van der Waals surface area (Å²) in [4.78, 5) is 13.4. The van der Waals surface area contributed by atoms with Gasteiger partial charge in [0.2, 0.25) is 5.91 Å². The van der Waals surface area contributed by atoms with Gasteiger partial charge in [-0.15, -0.1) is 12.3 Å². The quantitative estimate of drug-likeness (QED) is 0.850. The average Bonchev–Trinajstić information content (AvgIpc) is 3.06. The van der Waals surface area contributed by atoms with Crippen molar-refractivity contribution in [2.75, 3.05) is 11.4 Å². The molecule has 0 spiro atoms. The number of hydrogen-bond acceptors (Lipinski definition) is 2. The van der Waals surface area contributed by atoms with Gasteiger partial charge in [-0.05, 0) is 29.8 Å². The summed E-state index contributed by atoms with van der Waals surface area (Å²) < 4.78 is 12.9. The smallest absolute Gasteiger partial charge is 0.229 e. The van der Waals surface area contributed by atoms with Gasteiger partial charge in [0.15, 0.2) is 5.82 Å². The zero-order valence-corrected chi connectivity index (χ0v) is 10.6. The number of nitrogens with zero attached hydrogens (tertiary/aromatic N) is 2. The Kier molecular flexibility index (Phi) is 2.99. The third kappa shape index (κ3) is 2.16. The largest absolute Gasteiger partial charge is 0.294 e. The van der Waals surface area contributed by atoms with E-state index < -0.39 is 0 Å². The van der Waals surface area contributed by atoms with Crippen molar-refractivity contribution >= 4 is 11.7 Å². The minimum Gasteiger partial charge on any atom is -0.294 e. The van der Waals surface area contributed by atoms with E-state index in [1.165, 1.54) is 12.1 Å². The molecule has 2 aromatic rings. The van der Waals surface area contributed by atoms with Crippen LogP contribution in [0.4, 0.5) is 10.2 Å². The lowest BCUT2D eigenvalue weighted by Gasteiger charge is -2.11. The maximum Gasteiger partial charge on any atom is 0.229 e. The van der Waals surface area contributed by atoms with Crippen molar-refractivity contribution in [3.63, 3.8) is 0 Å². The van der Waals surface area contributed by atoms with E-state index in [-0.39, 0.29) is 17.6 Å². The third-order valence-corrected chi connectivity index (χ3v) is 3.36. The van der Waals surface area contributed by atoms with Crippen molar-refractivity contribution in [3.05, 3.63) is 36.1 Å². The van der Waals surface area contributed by atoms with E-state index >= 15 is 0 Å². The molecule has 1 amide bonds. The van der Waals surface area contributed by atoms with Crippen LogP contribution in [0, 0.1) is 24.1 Å². The van der Waals surface area contributed by atoms with Crippen LogP contribution in [-0.4, -0.2) is 22.6 Å². The van der Waals surface area contributed by atoms with Crippen LogP contribution in [0.3, 0.4) is 0 Å². The van der Waals surface area contributed by atoms with Crippen LogP contribution in [0.1, 0.15) is 6.42 Å². The van der Waals surface area contributed by atoms with Gasteiger partial charge in [-0.25, -0.2) is 4.39 Å². The second-order valence-electron chi connectivity index (χ2n) is 4.72. The number of rotatable bonds is 2. The molecule has 1 saturated heterocycles. The average molecular weight is 269 g/mol. The molecule has 1 N–H and O–H groups in total. The van der Waals surface area contributed by atoms with Crippen LogP contribution in [-0.2, 0) is 4.79 Å². The number of amides is 1. The summed E-state index contributed by atoms with van der Waals surface area (Å²) in [6.45, 7) is 0.489. The number of halogens is 1. The number of benzene rings is 1. The first kappa shape index (κ1) is 12.4. The summed E-state index contributed by atoms with van der Waals surface area (Å²) in [6.07, 6.45) is 5.71. The number of terminal acetylenes is 1. The van der Waals surface area contributed by atoms with Gasteiger partial charge in [0.1, 0.15) is 5.82 Å². The first-order valence-corrected chi connectivity index (χ1v) is 6.25. The maximum atomic E-state index is 12.9. The van der Waals surface area contributed by atoms with E-state index in [1.807, 2.05) is 0 Å². The summed E-state index contributed by atoms with van der Waals surface area (Å²) in [5.41, 5.74) is 1.54. The van der Waals surface area contributed by atoms with E-state index in [0.29, 0.717) is 18.8 Å². The van der Waals surface area contributed by atoms with E-state index in [2.05, 4.69) is 16.1 Å². The molecular weight excluding hydrogens is 257 g/mol. The van der Waals surface area contributed by atoms with Crippen LogP contribution in [0.2, 0.25) is 0 Å². The first-order valence-electron chi connectivity index (χ1n) is 6.25. The topological polar surface area (TPSA) is 49.0 Å². The standard InChI is InChI=1S/C15H12FN3O/c1-2-10-7-15(20)19(9-10)14-8-13(17-18-14)11-3-5-12(16)6-4-11/h1,3-6,8,10H,7,9H2,(H,17,18). The molecule has 1 aliphatic heterocycles. The number of H-pyrrole nitrogens is 1. The molecule has 3 rings (SSSR count). The lowest BCUT2D eigenvalue weighted by molar-refractivity contribution is -0.117. The Morgan fingerprint density at radius 1 is 1.40 bits per heavy atom. The fourth-order valence-electron chi connectivity index (χ4n) is 2.27. The predicted octanol–water partition coefficient (Wildman–Crippen LogP) is 2.20. The first-order chi connectivity index (χ1) is 9.67. The summed E-state index contributed by atoms with van der Waals surface area (Å²) in [6, 6.07) is 7.84. The van der Waals surface area contributed by atoms with Crippen LogP contribution in [0.15, 0.2) is 30.3 Å². The summed E-state index contributed by atoms with van der Waals surface area (Å²) in [5, 5.41) is 6.99. The van der Waals surface area contributed by atoms with Gasteiger partial charge in [-0.3, -0.25) is 14.8 Å². The third-order valence-electron chi connectivity index (χ3n) is 3.36. The Bertz CT molecular complexity index is 684. The van der Waals surface area contributed by atoms with Crippen molar-refractivity contribution < 1.29 is 9.18 Å². The molecule has 2 heterocycles. The van der Waals surface area contributed by atoms with Gasteiger partial charge in [0.25, 0.3) is 0 Å². The van der Waals surface area contributed by atoms with Crippen molar-refractivity contribution in [2.45, 2.75) is 6.42 Å². The number of carbonyl (C=O) groups is 1. The molecule has 1 aliphatic rings. The lowest BCUT2D eigenvalue weighted by atomic mass is 10.1. The molecule has 1 unspecified atom stereocenters. The minimum atomic E-state index is -0.292. The molecule has 5 heteroatoms. The molecule has 1 fully saturated rings. The minimum absolute atomic E-state index is 0.0230. The SMILES string of the molecule is C#CC1CC(=O)N(c2cc(-c3ccc(F)cc3)[nH]n2)C1. The molecule has 1 aromatic carbocycles. The Balaban J connectivity index is 1.86. The molecule has 0 bridgehead atoms. The van der Waals surface area contributed by atoms with Gasteiger partial charge in [-0.1, -0.05) is 0 Å². The summed E-state index contributed by atoms with van der Waals surface area (Å²) in [7, 11) is 0. The number of nitrogens with one attached hydrogen (secondary N) is 1. The van der Waals surface area contributed by atoms with Crippen molar-refractivity contribution in [1.82, 2.24) is 10.2 Å². The number of carbonyl (C=O) groups excluding carboxylic acids is 1. The molecular formula is C15H12FN3O. The molecule has 0 saturated carbocycles. The van der Waals surface area contributed by atoms with Gasteiger partial charge in [0.05, 0.1) is 5.69 Å². The molecule has 0 aliphatic carbocycles. The van der Waals surface area contributed by atoms with E-state index in [1.54, 1.807) is 23.1 Å². The molecule has 1 aromatic heterocycles. The Morgan fingerprint density at radius 3 is 2.80 bits per heavy atom. The lowest BCUT2D eigenvalue weighted by Crippen LogP contribution is -2.24. The fraction of sp³-hybridized carbons (Fsp3) is 0.200. The zero-order chi connectivity index (χ0) is 14.1. The number of anilines is 1. The van der Waals surface area contributed by atoms with Gasteiger partial charge in [0, 0.05) is 24.9 Å². The van der Waals surface area contributed by atoms with Crippen LogP contribution in [0.5, 0.6) is 0 Å². The molecule has 100 valence electrons. The number of aromatic nitrogens is 2. The fourth-order valence-corrected chi connectivity index (χ4v) is 2.27. The van der Waals surface area contributed by atoms with Crippen molar-refractivity contribution in [1.29, 1.82) is 0 Å². The molecule has 20 heavy (non-hydrogen) atoms. The van der Waals surface area contributed by atoms with Crippen molar-refractivity contribution in [3.8, 4) is 23.6 Å². The van der Waals surface area contributed by atoms with Gasteiger partial charge >= 0.3 is 0 Å². The number of hydrogen-bond donors (Lipinski definition) is 1. The molecule has 1 atom stereocenters. The second kappa shape index (κ2) is 4.82. The molecule has 4 nitrogen and oxygen atoms in total. The normalized spacial score (nSPS) is 18.3. The van der Waals surface area contributed by atoms with Gasteiger partial charge < -0.3 is 0 Å². The highest BCUT2D eigenvalue weighted by molar-refractivity contribution is 5.95. The Morgan fingerprint density at radius 2 is 2.15 bits per heavy atom. The Hall–Kier alpha value is -2.61. The number of aromatic amines is 1. The van der Waals surface area contributed by atoms with Crippen LogP contribution in [0.25, 0.3) is 11.3 Å². The monoisotopic (exact) mass is 269 g/mol. The molecule has 0 radical (unpaired) electrons. The zero-order valence-electron chi connectivity index (χ0n) is 10.6. The van der Waals surface area contributed by atoms with Crippen LogP contribution >= 0.6 is 0 Å². The highest BCUT2D eigenvalue weighted by atomic mass is 19.1. The van der Waals surface area contributed by atoms with E-state index in [0.717, 1.165) is 11.3 Å². The highest BCUT2D eigenvalue weighted by Crippen LogP contribution is 2.26. The second-order valence-corrected chi connectivity index (χ2v) is 4.72. The van der Waals surface area contributed by atoms with E-state index in [4.69, 9.17) is 6.42 Å². The summed E-state index contributed by atoms with van der Waals surface area (Å²) in [5.74, 6) is 2.77. The van der Waals surface area contributed by atoms with Crippen molar-refractivity contribution in [2.24, 2.45) is 5.92 Å². The maximum absolute atomic E-state index is 12.9.